The number of nitrogens with one attached hydrogen (secondary N) is 1. The van der Waals surface area contributed by atoms with Crippen LogP contribution in [-0.4, -0.2) is 11.9 Å². The van der Waals surface area contributed by atoms with E-state index in [2.05, 4.69) is 5.48 Å². The van der Waals surface area contributed by atoms with Crippen molar-refractivity contribution in [1.29, 1.82) is 0 Å². The van der Waals surface area contributed by atoms with Gasteiger partial charge in [-0.15, -0.1) is 0 Å². The number of hydroxylamine groups is 1. The monoisotopic (exact) mass is 515 g/mol. The first kappa shape index (κ1) is 25.8. The fraction of sp³-hybridized carbons (Fsp3) is 0.133. The number of amides is 1. The lowest BCUT2D eigenvalue weighted by Crippen LogP contribution is -2.27. The van der Waals surface area contributed by atoms with Gasteiger partial charge in [-0.25, -0.2) is 4.79 Å². The first-order chi connectivity index (χ1) is 18.0. The van der Waals surface area contributed by atoms with Crippen molar-refractivity contribution in [1.82, 2.24) is 5.48 Å². The predicted molar refractivity (Wildman–Crippen MR) is 142 cm³/mol. The molecule has 0 bridgehead atoms. The molecule has 7 heteroatoms. The topological polar surface area (TPSA) is 73.9 Å². The van der Waals surface area contributed by atoms with Gasteiger partial charge < -0.3 is 14.3 Å². The van der Waals surface area contributed by atoms with E-state index in [-0.39, 0.29) is 13.0 Å². The van der Waals surface area contributed by atoms with E-state index in [9.17, 15) is 9.59 Å². The summed E-state index contributed by atoms with van der Waals surface area (Å²) in [5.41, 5.74) is 5.77. The van der Waals surface area contributed by atoms with E-state index in [1.165, 1.54) is 0 Å². The van der Waals surface area contributed by atoms with E-state index in [0.717, 1.165) is 16.7 Å². The van der Waals surface area contributed by atoms with Crippen LogP contribution in [0.4, 0.5) is 0 Å². The number of rotatable bonds is 9. The Bertz CT molecular complexity index is 1360. The van der Waals surface area contributed by atoms with Gasteiger partial charge in [-0.1, -0.05) is 79.2 Å². The van der Waals surface area contributed by atoms with Gasteiger partial charge in [-0.3, -0.25) is 4.79 Å². The summed E-state index contributed by atoms with van der Waals surface area (Å²) in [5, 5.41) is 0.610. The molecule has 0 aromatic heterocycles. The highest BCUT2D eigenvalue weighted by molar-refractivity contribution is 6.30. The second kappa shape index (κ2) is 12.6. The van der Waals surface area contributed by atoms with E-state index >= 15 is 0 Å². The zero-order valence-corrected chi connectivity index (χ0v) is 21.0. The average Bonchev–Trinajstić information content (AvgIpc) is 2.94. The number of hydrogen-bond acceptors (Lipinski definition) is 5. The van der Waals surface area contributed by atoms with E-state index < -0.39 is 11.9 Å². The first-order valence-electron chi connectivity index (χ1n) is 11.8. The molecule has 188 valence electrons. The van der Waals surface area contributed by atoms with Crippen molar-refractivity contribution in [2.45, 2.75) is 26.6 Å². The van der Waals surface area contributed by atoms with E-state index in [0.29, 0.717) is 34.3 Å². The molecule has 0 unspecified atom stereocenters. The molecule has 4 aromatic carbocycles. The third-order valence-corrected chi connectivity index (χ3v) is 5.73. The molecular formula is C30H26ClNO5. The minimum absolute atomic E-state index is 0.139. The van der Waals surface area contributed by atoms with Crippen LogP contribution in [0.5, 0.6) is 11.5 Å². The van der Waals surface area contributed by atoms with Crippen LogP contribution in [0.2, 0.25) is 5.02 Å². The fourth-order valence-electron chi connectivity index (χ4n) is 3.62. The van der Waals surface area contributed by atoms with Crippen molar-refractivity contribution in [3.8, 4) is 22.6 Å². The Morgan fingerprint density at radius 1 is 0.784 bits per heavy atom. The Hall–Kier alpha value is -4.29. The standard InChI is InChI=1S/C30H26ClNO5/c1-2-28(33)37-32-30(34)26-12-7-13-27(36-20-22-10-6-11-24(31)18-22)29(26)23-14-16-25(17-15-23)35-19-21-8-4-3-5-9-21/h3-18H,2,19-20H2,1H3,(H,32,34). The largest absolute Gasteiger partial charge is 0.489 e. The summed E-state index contributed by atoms with van der Waals surface area (Å²) in [5.74, 6) is 0.0813. The molecule has 0 heterocycles. The molecule has 4 rings (SSSR count). The van der Waals surface area contributed by atoms with Crippen LogP contribution in [-0.2, 0) is 22.8 Å². The van der Waals surface area contributed by atoms with Crippen LogP contribution in [0.25, 0.3) is 11.1 Å². The second-order valence-electron chi connectivity index (χ2n) is 8.15. The highest BCUT2D eigenvalue weighted by Gasteiger charge is 2.19. The highest BCUT2D eigenvalue weighted by Crippen LogP contribution is 2.35. The molecule has 1 N–H and O–H groups in total. The van der Waals surface area contributed by atoms with Crippen LogP contribution in [0.1, 0.15) is 34.8 Å². The second-order valence-corrected chi connectivity index (χ2v) is 8.59. The number of carbonyl (C=O) groups excluding carboxylic acids is 2. The lowest BCUT2D eigenvalue weighted by atomic mass is 9.98. The highest BCUT2D eigenvalue weighted by atomic mass is 35.5. The Kier molecular flexibility index (Phi) is 8.79. The Morgan fingerprint density at radius 2 is 1.49 bits per heavy atom. The van der Waals surface area contributed by atoms with E-state index in [4.69, 9.17) is 25.9 Å². The molecule has 0 radical (unpaired) electrons. The SMILES string of the molecule is CCC(=O)ONC(=O)c1cccc(OCc2cccc(Cl)c2)c1-c1ccc(OCc2ccccc2)cc1. The van der Waals surface area contributed by atoms with Gasteiger partial charge in [0, 0.05) is 17.0 Å². The van der Waals surface area contributed by atoms with Crippen LogP contribution in [0.3, 0.4) is 0 Å². The van der Waals surface area contributed by atoms with Gasteiger partial charge in [0.25, 0.3) is 5.91 Å². The van der Waals surface area contributed by atoms with Gasteiger partial charge in [0.1, 0.15) is 24.7 Å². The maximum Gasteiger partial charge on any atom is 0.331 e. The lowest BCUT2D eigenvalue weighted by molar-refractivity contribution is -0.148. The Morgan fingerprint density at radius 3 is 2.22 bits per heavy atom. The van der Waals surface area contributed by atoms with Gasteiger partial charge in [-0.2, -0.15) is 5.48 Å². The summed E-state index contributed by atoms with van der Waals surface area (Å²) in [6.07, 6.45) is 0.139. The summed E-state index contributed by atoms with van der Waals surface area (Å²) in [4.78, 5) is 29.4. The molecule has 37 heavy (non-hydrogen) atoms. The van der Waals surface area contributed by atoms with Crippen LogP contribution in [0.15, 0.2) is 97.1 Å². The van der Waals surface area contributed by atoms with Gasteiger partial charge in [0.2, 0.25) is 0 Å². The Balaban J connectivity index is 1.60. The number of benzene rings is 4. The summed E-state index contributed by atoms with van der Waals surface area (Å²) in [6, 6.07) is 29.8. The number of halogens is 1. The Labute approximate surface area is 220 Å². The van der Waals surface area contributed by atoms with Crippen molar-refractivity contribution in [3.05, 3.63) is 119 Å². The van der Waals surface area contributed by atoms with Crippen molar-refractivity contribution in [2.24, 2.45) is 0 Å². The zero-order chi connectivity index (χ0) is 26.0. The normalized spacial score (nSPS) is 10.4. The molecule has 0 saturated heterocycles. The molecule has 0 atom stereocenters. The van der Waals surface area contributed by atoms with Gasteiger partial charge in [0.05, 0.1) is 5.56 Å². The third-order valence-electron chi connectivity index (χ3n) is 5.49. The maximum absolute atomic E-state index is 13.0. The van der Waals surface area contributed by atoms with Crippen molar-refractivity contribution in [2.75, 3.05) is 0 Å². The fourth-order valence-corrected chi connectivity index (χ4v) is 3.83. The summed E-state index contributed by atoms with van der Waals surface area (Å²) in [6.45, 7) is 2.34. The zero-order valence-electron chi connectivity index (χ0n) is 20.3. The number of ether oxygens (including phenoxy) is 2. The van der Waals surface area contributed by atoms with Crippen molar-refractivity contribution in [3.63, 3.8) is 0 Å². The smallest absolute Gasteiger partial charge is 0.331 e. The van der Waals surface area contributed by atoms with E-state index in [1.54, 1.807) is 31.2 Å². The quantitative estimate of drug-likeness (QED) is 0.249. The molecule has 0 fully saturated rings. The summed E-state index contributed by atoms with van der Waals surface area (Å²) < 4.78 is 12.0. The van der Waals surface area contributed by atoms with Crippen molar-refractivity contribution < 1.29 is 23.9 Å². The minimum Gasteiger partial charge on any atom is -0.489 e. The number of carbonyl (C=O) groups is 2. The van der Waals surface area contributed by atoms with Gasteiger partial charge in [-0.05, 0) is 53.1 Å². The van der Waals surface area contributed by atoms with Crippen LogP contribution < -0.4 is 15.0 Å². The molecule has 1 amide bonds. The van der Waals surface area contributed by atoms with Crippen LogP contribution >= 0.6 is 11.6 Å². The summed E-state index contributed by atoms with van der Waals surface area (Å²) in [7, 11) is 0. The first-order valence-corrected chi connectivity index (χ1v) is 12.2. The number of hydrogen-bond donors (Lipinski definition) is 1. The molecule has 0 saturated carbocycles. The maximum atomic E-state index is 13.0. The third kappa shape index (κ3) is 7.12. The van der Waals surface area contributed by atoms with Crippen molar-refractivity contribution >= 4 is 23.5 Å². The molecule has 4 aromatic rings. The molecule has 0 spiro atoms. The molecular weight excluding hydrogens is 490 g/mol. The van der Waals surface area contributed by atoms with Crippen LogP contribution in [0, 0.1) is 0 Å². The van der Waals surface area contributed by atoms with E-state index in [1.807, 2.05) is 72.8 Å². The molecule has 6 nitrogen and oxygen atoms in total. The predicted octanol–water partition coefficient (Wildman–Crippen LogP) is 6.76. The minimum atomic E-state index is -0.561. The van der Waals surface area contributed by atoms with Gasteiger partial charge in [0.15, 0.2) is 0 Å². The molecule has 0 aliphatic heterocycles. The molecule has 0 aliphatic carbocycles. The summed E-state index contributed by atoms with van der Waals surface area (Å²) >= 11 is 6.11. The van der Waals surface area contributed by atoms with Gasteiger partial charge >= 0.3 is 5.97 Å². The lowest BCUT2D eigenvalue weighted by Gasteiger charge is -2.16. The average molecular weight is 516 g/mol. The molecule has 0 aliphatic rings.